The first-order valence-electron chi connectivity index (χ1n) is 7.32. The lowest BCUT2D eigenvalue weighted by molar-refractivity contribution is -0.147. The maximum atomic E-state index is 12.6. The number of nitrogens with zero attached hydrogens (tertiary/aromatic N) is 1. The molecule has 1 N–H and O–H groups in total. The highest BCUT2D eigenvalue weighted by molar-refractivity contribution is 7.12. The van der Waals surface area contributed by atoms with Crippen molar-refractivity contribution >= 4 is 11.3 Å². The highest BCUT2D eigenvalue weighted by Crippen LogP contribution is 2.25. The average molecular weight is 322 g/mol. The van der Waals surface area contributed by atoms with Crippen molar-refractivity contribution < 1.29 is 13.2 Å². The van der Waals surface area contributed by atoms with E-state index in [0.29, 0.717) is 19.1 Å². The number of alkyl halides is 3. The van der Waals surface area contributed by atoms with Gasteiger partial charge in [0.25, 0.3) is 0 Å². The largest absolute Gasteiger partial charge is 0.401 e. The molecule has 122 valence electrons. The number of halogens is 3. The Kier molecular flexibility index (Phi) is 7.16. The van der Waals surface area contributed by atoms with E-state index in [2.05, 4.69) is 19.2 Å². The van der Waals surface area contributed by atoms with Crippen LogP contribution in [-0.4, -0.2) is 30.2 Å². The zero-order chi connectivity index (χ0) is 16.0. The van der Waals surface area contributed by atoms with Gasteiger partial charge in [-0.25, -0.2) is 0 Å². The van der Waals surface area contributed by atoms with Crippen molar-refractivity contribution in [1.82, 2.24) is 10.2 Å². The Morgan fingerprint density at radius 2 is 2.00 bits per heavy atom. The lowest BCUT2D eigenvalue weighted by Gasteiger charge is -2.23. The number of thiophene rings is 1. The minimum absolute atomic E-state index is 0.372. The molecule has 0 bridgehead atoms. The van der Waals surface area contributed by atoms with E-state index >= 15 is 0 Å². The first-order valence-corrected chi connectivity index (χ1v) is 8.13. The molecule has 0 atom stereocenters. The van der Waals surface area contributed by atoms with Crippen molar-refractivity contribution in [2.75, 3.05) is 13.1 Å². The normalized spacial score (nSPS) is 12.6. The summed E-state index contributed by atoms with van der Waals surface area (Å²) in [5, 5.41) is 3.34. The second-order valence-electron chi connectivity index (χ2n) is 5.66. The third-order valence-corrected chi connectivity index (χ3v) is 4.19. The van der Waals surface area contributed by atoms with Gasteiger partial charge in [-0.15, -0.1) is 11.3 Å². The highest BCUT2D eigenvalue weighted by Gasteiger charge is 2.30. The van der Waals surface area contributed by atoms with Crippen LogP contribution in [0.1, 0.15) is 42.5 Å². The topological polar surface area (TPSA) is 15.3 Å². The van der Waals surface area contributed by atoms with Crippen molar-refractivity contribution in [2.24, 2.45) is 0 Å². The molecular weight excluding hydrogens is 297 g/mol. The molecule has 0 unspecified atom stereocenters. The summed E-state index contributed by atoms with van der Waals surface area (Å²) >= 11 is 1.66. The van der Waals surface area contributed by atoms with Gasteiger partial charge in [0.15, 0.2) is 0 Å². The summed E-state index contributed by atoms with van der Waals surface area (Å²) in [6.07, 6.45) is -3.41. The molecule has 0 saturated carbocycles. The molecule has 0 amide bonds. The molecule has 0 fully saturated rings. The summed E-state index contributed by atoms with van der Waals surface area (Å²) < 4.78 is 37.8. The SMILES string of the molecule is CCCN(Cc1cc(CNC(C)C)sc1C)CC(F)(F)F. The molecule has 6 heteroatoms. The van der Waals surface area contributed by atoms with Crippen LogP contribution in [0.3, 0.4) is 0 Å². The molecule has 0 aliphatic heterocycles. The Balaban J connectivity index is 2.70. The Morgan fingerprint density at radius 1 is 1.33 bits per heavy atom. The summed E-state index contributed by atoms with van der Waals surface area (Å²) in [6.45, 7) is 8.82. The quantitative estimate of drug-likeness (QED) is 0.766. The van der Waals surface area contributed by atoms with Gasteiger partial charge in [-0.2, -0.15) is 13.2 Å². The zero-order valence-electron chi connectivity index (χ0n) is 13.2. The Labute approximate surface area is 129 Å². The maximum absolute atomic E-state index is 12.6. The van der Waals surface area contributed by atoms with E-state index in [1.165, 1.54) is 9.78 Å². The Bertz CT molecular complexity index is 427. The predicted octanol–water partition coefficient (Wildman–Crippen LogP) is 4.33. The van der Waals surface area contributed by atoms with Crippen LogP contribution in [0.5, 0.6) is 0 Å². The van der Waals surface area contributed by atoms with Gasteiger partial charge in [0, 0.05) is 28.9 Å². The van der Waals surface area contributed by atoms with E-state index in [1.54, 1.807) is 11.3 Å². The van der Waals surface area contributed by atoms with Crippen LogP contribution in [0, 0.1) is 6.92 Å². The molecule has 0 spiro atoms. The third-order valence-electron chi connectivity index (χ3n) is 3.09. The minimum Gasteiger partial charge on any atom is -0.310 e. The monoisotopic (exact) mass is 322 g/mol. The summed E-state index contributed by atoms with van der Waals surface area (Å²) in [7, 11) is 0. The molecule has 21 heavy (non-hydrogen) atoms. The van der Waals surface area contributed by atoms with Gasteiger partial charge < -0.3 is 5.32 Å². The van der Waals surface area contributed by atoms with Gasteiger partial charge in [0.1, 0.15) is 0 Å². The summed E-state index contributed by atoms with van der Waals surface area (Å²) in [4.78, 5) is 3.77. The van der Waals surface area contributed by atoms with Gasteiger partial charge in [-0.05, 0) is 31.5 Å². The molecule has 1 aromatic rings. The number of hydrogen-bond donors (Lipinski definition) is 1. The smallest absolute Gasteiger partial charge is 0.310 e. The van der Waals surface area contributed by atoms with Gasteiger partial charge in [-0.1, -0.05) is 20.8 Å². The molecular formula is C15H25F3N2S. The Morgan fingerprint density at radius 3 is 2.52 bits per heavy atom. The van der Waals surface area contributed by atoms with Crippen molar-refractivity contribution in [3.63, 3.8) is 0 Å². The molecule has 1 aromatic heterocycles. The van der Waals surface area contributed by atoms with Crippen LogP contribution in [0.2, 0.25) is 0 Å². The minimum atomic E-state index is -4.14. The van der Waals surface area contributed by atoms with E-state index in [1.807, 2.05) is 19.9 Å². The van der Waals surface area contributed by atoms with Crippen LogP contribution < -0.4 is 5.32 Å². The van der Waals surface area contributed by atoms with Crippen molar-refractivity contribution in [3.05, 3.63) is 21.4 Å². The molecule has 0 saturated heterocycles. The van der Waals surface area contributed by atoms with Gasteiger partial charge in [0.05, 0.1) is 6.54 Å². The number of aryl methyl sites for hydroxylation is 1. The lowest BCUT2D eigenvalue weighted by atomic mass is 10.2. The van der Waals surface area contributed by atoms with E-state index < -0.39 is 12.7 Å². The molecule has 2 nitrogen and oxygen atoms in total. The van der Waals surface area contributed by atoms with Gasteiger partial charge in [-0.3, -0.25) is 4.90 Å². The van der Waals surface area contributed by atoms with E-state index in [4.69, 9.17) is 0 Å². The van der Waals surface area contributed by atoms with Crippen LogP contribution >= 0.6 is 11.3 Å². The number of rotatable bonds is 8. The third kappa shape index (κ3) is 7.29. The molecule has 0 aromatic carbocycles. The first-order chi connectivity index (χ1) is 9.71. The van der Waals surface area contributed by atoms with E-state index in [0.717, 1.165) is 23.4 Å². The van der Waals surface area contributed by atoms with Crippen molar-refractivity contribution in [2.45, 2.75) is 59.4 Å². The fraction of sp³-hybridized carbons (Fsp3) is 0.733. The Hall–Kier alpha value is -0.590. The number of hydrogen-bond acceptors (Lipinski definition) is 3. The summed E-state index contributed by atoms with van der Waals surface area (Å²) in [5.74, 6) is 0. The fourth-order valence-electron chi connectivity index (χ4n) is 2.16. The summed E-state index contributed by atoms with van der Waals surface area (Å²) in [5.41, 5.74) is 1.01. The van der Waals surface area contributed by atoms with Crippen LogP contribution in [-0.2, 0) is 13.1 Å². The van der Waals surface area contributed by atoms with Crippen molar-refractivity contribution in [1.29, 1.82) is 0 Å². The van der Waals surface area contributed by atoms with Gasteiger partial charge >= 0.3 is 6.18 Å². The van der Waals surface area contributed by atoms with E-state index in [9.17, 15) is 13.2 Å². The molecule has 0 radical (unpaired) electrons. The second-order valence-corrected chi connectivity index (χ2v) is 7.00. The van der Waals surface area contributed by atoms with Gasteiger partial charge in [0.2, 0.25) is 0 Å². The molecule has 1 heterocycles. The highest BCUT2D eigenvalue weighted by atomic mass is 32.1. The molecule has 1 rings (SSSR count). The predicted molar refractivity (Wildman–Crippen MR) is 82.7 cm³/mol. The van der Waals surface area contributed by atoms with Crippen LogP contribution in [0.4, 0.5) is 13.2 Å². The summed E-state index contributed by atoms with van der Waals surface area (Å²) in [6, 6.07) is 2.44. The maximum Gasteiger partial charge on any atom is 0.401 e. The lowest BCUT2D eigenvalue weighted by Crippen LogP contribution is -2.34. The molecule has 0 aliphatic carbocycles. The van der Waals surface area contributed by atoms with E-state index in [-0.39, 0.29) is 0 Å². The zero-order valence-corrected chi connectivity index (χ0v) is 14.0. The second kappa shape index (κ2) is 8.15. The average Bonchev–Trinajstić information content (AvgIpc) is 2.66. The standard InChI is InChI=1S/C15H25F3N2S/c1-5-6-20(10-15(16,17)18)9-13-7-14(21-12(13)4)8-19-11(2)3/h7,11,19H,5-6,8-10H2,1-4H3. The van der Waals surface area contributed by atoms with Crippen LogP contribution in [0.25, 0.3) is 0 Å². The number of nitrogens with one attached hydrogen (secondary N) is 1. The fourth-order valence-corrected chi connectivity index (χ4v) is 3.17. The first kappa shape index (κ1) is 18.5. The van der Waals surface area contributed by atoms with Crippen molar-refractivity contribution in [3.8, 4) is 0 Å². The van der Waals surface area contributed by atoms with Crippen LogP contribution in [0.15, 0.2) is 6.07 Å². The molecule has 0 aliphatic rings.